The highest BCUT2D eigenvalue weighted by atomic mass is 32.2. The molecule has 3 nitrogen and oxygen atoms in total. The van der Waals surface area contributed by atoms with E-state index in [9.17, 15) is 9.59 Å². The Labute approximate surface area is 92.0 Å². The fourth-order valence-electron chi connectivity index (χ4n) is 1.55. The summed E-state index contributed by atoms with van der Waals surface area (Å²) in [4.78, 5) is 24.3. The van der Waals surface area contributed by atoms with Crippen LogP contribution >= 0.6 is 11.8 Å². The highest BCUT2D eigenvalue weighted by Gasteiger charge is 2.43. The smallest absolute Gasteiger partial charge is 0.232 e. The molecule has 1 heterocycles. The molecule has 2 rings (SSSR count). The molecule has 2 N–H and O–H groups in total. The van der Waals surface area contributed by atoms with E-state index in [2.05, 4.69) is 0 Å². The first-order valence-electron chi connectivity index (χ1n) is 4.62. The van der Waals surface area contributed by atoms with Crippen LogP contribution in [0.2, 0.25) is 0 Å². The normalized spacial score (nSPS) is 24.7. The van der Waals surface area contributed by atoms with E-state index >= 15 is 0 Å². The van der Waals surface area contributed by atoms with Crippen LogP contribution in [0.5, 0.6) is 0 Å². The largest absolute Gasteiger partial charge is 0.369 e. The number of Topliss-reactive ketones (excluding diaryl/α,β-unsaturated/α-hetero) is 1. The van der Waals surface area contributed by atoms with Gasteiger partial charge in [0.25, 0.3) is 0 Å². The number of ketones is 1. The van der Waals surface area contributed by atoms with Gasteiger partial charge in [0.15, 0.2) is 5.78 Å². The summed E-state index contributed by atoms with van der Waals surface area (Å²) >= 11 is 1.51. The molecule has 1 amide bonds. The number of hydrogen-bond donors (Lipinski definition) is 1. The summed E-state index contributed by atoms with van der Waals surface area (Å²) in [6.45, 7) is 1.61. The number of thioether (sulfide) groups is 1. The van der Waals surface area contributed by atoms with E-state index in [0.717, 1.165) is 4.90 Å². The number of nitrogens with two attached hydrogens (primary N) is 1. The second kappa shape index (κ2) is 3.38. The predicted octanol–water partition coefficient (Wildman–Crippen LogP) is 1.47. The molecule has 0 radical (unpaired) electrons. The van der Waals surface area contributed by atoms with Crippen molar-refractivity contribution in [2.75, 3.05) is 5.75 Å². The molecule has 0 aromatic heterocycles. The molecule has 0 saturated heterocycles. The van der Waals surface area contributed by atoms with Crippen LogP contribution in [0.1, 0.15) is 17.3 Å². The molecule has 15 heavy (non-hydrogen) atoms. The van der Waals surface area contributed by atoms with Crippen molar-refractivity contribution < 1.29 is 9.59 Å². The molecule has 1 aliphatic heterocycles. The molecule has 0 saturated carbocycles. The van der Waals surface area contributed by atoms with Crippen LogP contribution in [0.15, 0.2) is 29.2 Å². The van der Waals surface area contributed by atoms with Crippen molar-refractivity contribution in [2.45, 2.75) is 11.8 Å². The topological polar surface area (TPSA) is 60.2 Å². The fourth-order valence-corrected chi connectivity index (χ4v) is 2.76. The minimum absolute atomic E-state index is 0.163. The Kier molecular flexibility index (Phi) is 2.31. The number of benzene rings is 1. The zero-order chi connectivity index (χ0) is 11.1. The minimum atomic E-state index is -1.06. The summed E-state index contributed by atoms with van der Waals surface area (Å²) in [7, 11) is 0. The van der Waals surface area contributed by atoms with E-state index in [1.54, 1.807) is 19.1 Å². The Hall–Kier alpha value is -1.29. The summed E-state index contributed by atoms with van der Waals surface area (Å²) in [5, 5.41) is 0. The lowest BCUT2D eigenvalue weighted by Crippen LogP contribution is -2.45. The number of rotatable bonds is 1. The van der Waals surface area contributed by atoms with Crippen molar-refractivity contribution in [3.8, 4) is 0 Å². The molecule has 0 bridgehead atoms. The van der Waals surface area contributed by atoms with Crippen LogP contribution in [-0.4, -0.2) is 17.4 Å². The molecular formula is C11H11NO2S. The van der Waals surface area contributed by atoms with Crippen LogP contribution in [0.25, 0.3) is 0 Å². The number of hydrogen-bond acceptors (Lipinski definition) is 3. The van der Waals surface area contributed by atoms with Gasteiger partial charge in [-0.05, 0) is 13.0 Å². The molecule has 0 fully saturated rings. The van der Waals surface area contributed by atoms with Gasteiger partial charge in [-0.2, -0.15) is 0 Å². The third kappa shape index (κ3) is 1.45. The van der Waals surface area contributed by atoms with Gasteiger partial charge in [0.05, 0.1) is 0 Å². The van der Waals surface area contributed by atoms with Crippen LogP contribution in [-0.2, 0) is 4.79 Å². The SMILES string of the molecule is CC1(C(N)=O)CSc2ccccc2C1=O. The lowest BCUT2D eigenvalue weighted by Gasteiger charge is -2.29. The zero-order valence-electron chi connectivity index (χ0n) is 8.32. The number of amides is 1. The maximum absolute atomic E-state index is 12.1. The van der Waals surface area contributed by atoms with Gasteiger partial charge in [0.1, 0.15) is 5.41 Å². The molecule has 1 aliphatic rings. The first-order valence-corrected chi connectivity index (χ1v) is 5.61. The minimum Gasteiger partial charge on any atom is -0.369 e. The summed E-state index contributed by atoms with van der Waals surface area (Å²) in [5.74, 6) is -0.281. The zero-order valence-corrected chi connectivity index (χ0v) is 9.14. The Bertz CT molecular complexity index is 444. The van der Waals surface area contributed by atoms with Crippen LogP contribution in [0.4, 0.5) is 0 Å². The summed E-state index contributed by atoms with van der Waals surface area (Å²) in [6, 6.07) is 7.31. The van der Waals surface area contributed by atoms with Gasteiger partial charge in [0.2, 0.25) is 5.91 Å². The molecule has 4 heteroatoms. The van der Waals surface area contributed by atoms with Crippen molar-refractivity contribution in [1.82, 2.24) is 0 Å². The maximum Gasteiger partial charge on any atom is 0.232 e. The average Bonchev–Trinajstić information content (AvgIpc) is 2.24. The second-order valence-corrected chi connectivity index (χ2v) is 4.83. The lowest BCUT2D eigenvalue weighted by atomic mass is 9.83. The van der Waals surface area contributed by atoms with Crippen molar-refractivity contribution in [3.63, 3.8) is 0 Å². The first kappa shape index (κ1) is 10.2. The Morgan fingerprint density at radius 2 is 2.13 bits per heavy atom. The molecule has 0 aliphatic carbocycles. The van der Waals surface area contributed by atoms with E-state index in [0.29, 0.717) is 11.3 Å². The molecule has 1 atom stereocenters. The third-order valence-electron chi connectivity index (χ3n) is 2.69. The Balaban J connectivity index is 2.51. The monoisotopic (exact) mass is 221 g/mol. The van der Waals surface area contributed by atoms with Gasteiger partial charge in [0, 0.05) is 16.2 Å². The van der Waals surface area contributed by atoms with Gasteiger partial charge < -0.3 is 5.73 Å². The highest BCUT2D eigenvalue weighted by Crippen LogP contribution is 2.39. The summed E-state index contributed by atoms with van der Waals surface area (Å²) in [6.07, 6.45) is 0. The van der Waals surface area contributed by atoms with Gasteiger partial charge in [-0.1, -0.05) is 18.2 Å². The number of primary amides is 1. The van der Waals surface area contributed by atoms with E-state index < -0.39 is 11.3 Å². The molecule has 0 spiro atoms. The molecular weight excluding hydrogens is 210 g/mol. The molecule has 1 aromatic rings. The number of carbonyl (C=O) groups excluding carboxylic acids is 2. The standard InChI is InChI=1S/C11H11NO2S/c1-11(10(12)14)6-15-8-5-3-2-4-7(8)9(11)13/h2-5H,6H2,1H3,(H2,12,14). The second-order valence-electron chi connectivity index (χ2n) is 3.81. The quantitative estimate of drug-likeness (QED) is 0.730. The van der Waals surface area contributed by atoms with Gasteiger partial charge in [-0.25, -0.2) is 0 Å². The molecule has 78 valence electrons. The van der Waals surface area contributed by atoms with Crippen molar-refractivity contribution in [1.29, 1.82) is 0 Å². The van der Waals surface area contributed by atoms with Crippen molar-refractivity contribution >= 4 is 23.5 Å². The maximum atomic E-state index is 12.1. The van der Waals surface area contributed by atoms with Gasteiger partial charge >= 0.3 is 0 Å². The number of fused-ring (bicyclic) bond motifs is 1. The van der Waals surface area contributed by atoms with Gasteiger partial charge in [-0.15, -0.1) is 11.8 Å². The lowest BCUT2D eigenvalue weighted by molar-refractivity contribution is -0.123. The van der Waals surface area contributed by atoms with Crippen molar-refractivity contribution in [3.05, 3.63) is 29.8 Å². The summed E-state index contributed by atoms with van der Waals surface area (Å²) in [5.41, 5.74) is 4.83. The van der Waals surface area contributed by atoms with E-state index in [-0.39, 0.29) is 5.78 Å². The number of carbonyl (C=O) groups is 2. The van der Waals surface area contributed by atoms with E-state index in [1.165, 1.54) is 11.8 Å². The molecule has 1 aromatic carbocycles. The highest BCUT2D eigenvalue weighted by molar-refractivity contribution is 7.99. The van der Waals surface area contributed by atoms with Crippen LogP contribution in [0.3, 0.4) is 0 Å². The first-order chi connectivity index (χ1) is 7.05. The van der Waals surface area contributed by atoms with E-state index in [4.69, 9.17) is 5.73 Å². The fraction of sp³-hybridized carbons (Fsp3) is 0.273. The molecule has 1 unspecified atom stereocenters. The Morgan fingerprint density at radius 3 is 2.80 bits per heavy atom. The Morgan fingerprint density at radius 1 is 1.47 bits per heavy atom. The van der Waals surface area contributed by atoms with Crippen molar-refractivity contribution in [2.24, 2.45) is 11.1 Å². The third-order valence-corrected chi connectivity index (χ3v) is 4.08. The predicted molar refractivity (Wildman–Crippen MR) is 58.8 cm³/mol. The van der Waals surface area contributed by atoms with E-state index in [1.807, 2.05) is 12.1 Å². The van der Waals surface area contributed by atoms with Gasteiger partial charge in [-0.3, -0.25) is 9.59 Å². The van der Waals surface area contributed by atoms with Crippen LogP contribution < -0.4 is 5.73 Å². The summed E-state index contributed by atoms with van der Waals surface area (Å²) < 4.78 is 0. The van der Waals surface area contributed by atoms with Crippen LogP contribution in [0, 0.1) is 5.41 Å². The average molecular weight is 221 g/mol.